The SMILES string of the molecule is CC1=C/C(=N/NC(=O)c2cccc(O)c2)CC1. The minimum absolute atomic E-state index is 0.0712. The quantitative estimate of drug-likeness (QED) is 0.765. The van der Waals surface area contributed by atoms with Crippen LogP contribution in [-0.2, 0) is 0 Å². The molecular formula is C13H14N2O2. The lowest BCUT2D eigenvalue weighted by atomic mass is 10.2. The van der Waals surface area contributed by atoms with E-state index in [9.17, 15) is 9.90 Å². The molecule has 0 bridgehead atoms. The van der Waals surface area contributed by atoms with E-state index in [1.807, 2.05) is 13.0 Å². The van der Waals surface area contributed by atoms with Crippen molar-refractivity contribution in [1.82, 2.24) is 5.43 Å². The van der Waals surface area contributed by atoms with E-state index in [0.29, 0.717) is 5.56 Å². The van der Waals surface area contributed by atoms with Gasteiger partial charge in [-0.05, 0) is 44.0 Å². The minimum atomic E-state index is -0.314. The fraction of sp³-hybridized carbons (Fsp3) is 0.231. The number of amides is 1. The number of benzene rings is 1. The minimum Gasteiger partial charge on any atom is -0.508 e. The van der Waals surface area contributed by atoms with E-state index >= 15 is 0 Å². The summed E-state index contributed by atoms with van der Waals surface area (Å²) < 4.78 is 0. The van der Waals surface area contributed by atoms with Gasteiger partial charge in [0, 0.05) is 5.56 Å². The highest BCUT2D eigenvalue weighted by atomic mass is 16.3. The summed E-state index contributed by atoms with van der Waals surface area (Å²) in [4.78, 5) is 11.7. The summed E-state index contributed by atoms with van der Waals surface area (Å²) in [5, 5.41) is 13.3. The molecule has 1 amide bonds. The largest absolute Gasteiger partial charge is 0.508 e. The molecule has 0 atom stereocenters. The maximum atomic E-state index is 11.7. The number of carbonyl (C=O) groups is 1. The van der Waals surface area contributed by atoms with Crippen LogP contribution in [0, 0.1) is 0 Å². The van der Waals surface area contributed by atoms with Crippen LogP contribution in [0.1, 0.15) is 30.1 Å². The molecule has 2 rings (SSSR count). The van der Waals surface area contributed by atoms with Crippen molar-refractivity contribution >= 4 is 11.6 Å². The molecular weight excluding hydrogens is 216 g/mol. The van der Waals surface area contributed by atoms with Crippen molar-refractivity contribution in [1.29, 1.82) is 0 Å². The lowest BCUT2D eigenvalue weighted by Gasteiger charge is -2.01. The first kappa shape index (κ1) is 11.4. The topological polar surface area (TPSA) is 61.7 Å². The van der Waals surface area contributed by atoms with Gasteiger partial charge in [-0.3, -0.25) is 4.79 Å². The van der Waals surface area contributed by atoms with Crippen LogP contribution in [0.15, 0.2) is 41.0 Å². The second kappa shape index (κ2) is 4.82. The van der Waals surface area contributed by atoms with Crippen molar-refractivity contribution in [3.8, 4) is 5.75 Å². The standard InChI is InChI=1S/C13H14N2O2/c1-9-5-6-11(7-9)14-15-13(17)10-3-2-4-12(16)8-10/h2-4,7-8,16H,5-6H2,1H3,(H,15,17)/b14-11+. The first-order chi connectivity index (χ1) is 8.15. The molecule has 0 heterocycles. The van der Waals surface area contributed by atoms with Gasteiger partial charge in [0.15, 0.2) is 0 Å². The van der Waals surface area contributed by atoms with Crippen LogP contribution < -0.4 is 5.43 Å². The van der Waals surface area contributed by atoms with Gasteiger partial charge < -0.3 is 5.11 Å². The Kier molecular flexibility index (Phi) is 3.23. The van der Waals surface area contributed by atoms with Gasteiger partial charge in [0.2, 0.25) is 0 Å². The van der Waals surface area contributed by atoms with Crippen LogP contribution in [0.3, 0.4) is 0 Å². The molecule has 0 fully saturated rings. The first-order valence-corrected chi connectivity index (χ1v) is 5.48. The van der Waals surface area contributed by atoms with Crippen LogP contribution in [0.2, 0.25) is 0 Å². The molecule has 2 N–H and O–H groups in total. The van der Waals surface area contributed by atoms with E-state index in [0.717, 1.165) is 18.6 Å². The zero-order valence-corrected chi connectivity index (χ0v) is 9.60. The number of hydrogen-bond donors (Lipinski definition) is 2. The molecule has 1 aromatic carbocycles. The predicted molar refractivity (Wildman–Crippen MR) is 66.0 cm³/mol. The van der Waals surface area contributed by atoms with E-state index in [1.54, 1.807) is 12.1 Å². The molecule has 0 saturated heterocycles. The van der Waals surface area contributed by atoms with Crippen molar-refractivity contribution in [2.75, 3.05) is 0 Å². The molecule has 88 valence electrons. The van der Waals surface area contributed by atoms with E-state index in [4.69, 9.17) is 0 Å². The van der Waals surface area contributed by atoms with Crippen LogP contribution >= 0.6 is 0 Å². The van der Waals surface area contributed by atoms with Gasteiger partial charge in [0.05, 0.1) is 5.71 Å². The number of nitrogens with one attached hydrogen (secondary N) is 1. The van der Waals surface area contributed by atoms with E-state index in [2.05, 4.69) is 10.5 Å². The van der Waals surface area contributed by atoms with Crippen molar-refractivity contribution in [2.45, 2.75) is 19.8 Å². The highest BCUT2D eigenvalue weighted by molar-refractivity contribution is 6.00. The van der Waals surface area contributed by atoms with Crippen LogP contribution in [0.4, 0.5) is 0 Å². The molecule has 4 nitrogen and oxygen atoms in total. The molecule has 0 aliphatic heterocycles. The van der Waals surface area contributed by atoms with Gasteiger partial charge in [0.1, 0.15) is 5.75 Å². The van der Waals surface area contributed by atoms with Crippen LogP contribution in [0.25, 0.3) is 0 Å². The predicted octanol–water partition coefficient (Wildman–Crippen LogP) is 2.22. The monoisotopic (exact) mass is 230 g/mol. The Bertz CT molecular complexity index is 504. The molecule has 0 saturated carbocycles. The smallest absolute Gasteiger partial charge is 0.271 e. The molecule has 4 heteroatoms. The van der Waals surface area contributed by atoms with Gasteiger partial charge in [-0.2, -0.15) is 5.10 Å². The summed E-state index contributed by atoms with van der Waals surface area (Å²) in [5.74, 6) is -0.242. The maximum absolute atomic E-state index is 11.7. The number of allylic oxidation sites excluding steroid dienone is 2. The Balaban J connectivity index is 2.03. The van der Waals surface area contributed by atoms with Gasteiger partial charge in [-0.25, -0.2) is 5.43 Å². The number of nitrogens with zero attached hydrogens (tertiary/aromatic N) is 1. The summed E-state index contributed by atoms with van der Waals surface area (Å²) in [6.07, 6.45) is 3.84. The summed E-state index contributed by atoms with van der Waals surface area (Å²) in [6.45, 7) is 2.04. The average Bonchev–Trinajstić information content (AvgIpc) is 2.72. The summed E-state index contributed by atoms with van der Waals surface area (Å²) >= 11 is 0. The lowest BCUT2D eigenvalue weighted by molar-refractivity contribution is 0.0954. The third kappa shape index (κ3) is 2.93. The zero-order valence-electron chi connectivity index (χ0n) is 9.60. The van der Waals surface area contributed by atoms with Crippen molar-refractivity contribution < 1.29 is 9.90 Å². The maximum Gasteiger partial charge on any atom is 0.271 e. The number of carbonyl (C=O) groups excluding carboxylic acids is 1. The fourth-order valence-electron chi connectivity index (χ4n) is 1.68. The molecule has 0 unspecified atom stereocenters. The van der Waals surface area contributed by atoms with Gasteiger partial charge in [-0.1, -0.05) is 11.6 Å². The Morgan fingerprint density at radius 2 is 2.24 bits per heavy atom. The third-order valence-corrected chi connectivity index (χ3v) is 2.60. The number of rotatable bonds is 2. The Hall–Kier alpha value is -2.10. The highest BCUT2D eigenvalue weighted by Crippen LogP contribution is 2.14. The number of hydrazone groups is 1. The average molecular weight is 230 g/mol. The number of aromatic hydroxyl groups is 1. The highest BCUT2D eigenvalue weighted by Gasteiger charge is 2.08. The first-order valence-electron chi connectivity index (χ1n) is 5.48. The molecule has 17 heavy (non-hydrogen) atoms. The lowest BCUT2D eigenvalue weighted by Crippen LogP contribution is -2.18. The zero-order chi connectivity index (χ0) is 12.3. The second-order valence-electron chi connectivity index (χ2n) is 4.09. The number of hydrogen-bond acceptors (Lipinski definition) is 3. The molecule has 0 radical (unpaired) electrons. The Morgan fingerprint density at radius 1 is 1.41 bits per heavy atom. The van der Waals surface area contributed by atoms with Crippen molar-refractivity contribution in [3.63, 3.8) is 0 Å². The van der Waals surface area contributed by atoms with Gasteiger partial charge in [0.25, 0.3) is 5.91 Å². The molecule has 1 aliphatic carbocycles. The Morgan fingerprint density at radius 3 is 2.88 bits per heavy atom. The molecule has 0 spiro atoms. The summed E-state index contributed by atoms with van der Waals surface area (Å²) in [7, 11) is 0. The van der Waals surface area contributed by atoms with E-state index in [1.165, 1.54) is 17.7 Å². The van der Waals surface area contributed by atoms with Crippen LogP contribution in [-0.4, -0.2) is 16.7 Å². The molecule has 0 aromatic heterocycles. The third-order valence-electron chi connectivity index (χ3n) is 2.60. The normalized spacial score (nSPS) is 17.0. The molecule has 1 aromatic rings. The number of phenolic OH excluding ortho intramolecular Hbond substituents is 1. The fourth-order valence-corrected chi connectivity index (χ4v) is 1.68. The summed E-state index contributed by atoms with van der Waals surface area (Å²) in [6, 6.07) is 6.18. The molecule has 1 aliphatic rings. The van der Waals surface area contributed by atoms with Gasteiger partial charge in [-0.15, -0.1) is 0 Å². The van der Waals surface area contributed by atoms with E-state index in [-0.39, 0.29) is 11.7 Å². The van der Waals surface area contributed by atoms with E-state index < -0.39 is 0 Å². The van der Waals surface area contributed by atoms with Crippen molar-refractivity contribution in [3.05, 3.63) is 41.5 Å². The van der Waals surface area contributed by atoms with Gasteiger partial charge >= 0.3 is 0 Å². The summed E-state index contributed by atoms with van der Waals surface area (Å²) in [5.41, 5.74) is 5.04. The second-order valence-corrected chi connectivity index (χ2v) is 4.09. The van der Waals surface area contributed by atoms with Crippen LogP contribution in [0.5, 0.6) is 5.75 Å². The van der Waals surface area contributed by atoms with Crippen molar-refractivity contribution in [2.24, 2.45) is 5.10 Å². The Labute approximate surface area is 99.7 Å². The number of phenols is 1.